The summed E-state index contributed by atoms with van der Waals surface area (Å²) in [6, 6.07) is 10.4. The van der Waals surface area contributed by atoms with Crippen molar-refractivity contribution >= 4 is 46.1 Å². The van der Waals surface area contributed by atoms with Crippen LogP contribution in [-0.2, 0) is 7.05 Å². The zero-order valence-electron chi connectivity index (χ0n) is 21.7. The van der Waals surface area contributed by atoms with Crippen molar-refractivity contribution in [1.29, 1.82) is 0 Å². The molecular formula is C28H25ClN6O3S. The van der Waals surface area contributed by atoms with Crippen molar-refractivity contribution in [3.8, 4) is 11.3 Å². The molecule has 1 atom stereocenters. The number of anilines is 1. The third kappa shape index (κ3) is 5.52. The minimum atomic E-state index is -0.420. The molecule has 0 saturated carbocycles. The molecule has 0 aliphatic carbocycles. The van der Waals surface area contributed by atoms with E-state index in [-0.39, 0.29) is 22.3 Å². The molecule has 5 aromatic rings. The first-order valence-electron chi connectivity index (χ1n) is 12.1. The van der Waals surface area contributed by atoms with Crippen LogP contribution in [0.2, 0.25) is 5.15 Å². The number of aryl methyl sites for hydroxylation is 2. The van der Waals surface area contributed by atoms with E-state index in [1.54, 1.807) is 54.6 Å². The molecule has 0 fully saturated rings. The molecule has 39 heavy (non-hydrogen) atoms. The molecule has 9 nitrogen and oxygen atoms in total. The molecule has 0 bridgehead atoms. The quantitative estimate of drug-likeness (QED) is 0.188. The molecule has 4 heterocycles. The van der Waals surface area contributed by atoms with Gasteiger partial charge in [0.05, 0.1) is 28.9 Å². The second-order valence-corrected chi connectivity index (χ2v) is 10.4. The van der Waals surface area contributed by atoms with Gasteiger partial charge in [-0.2, -0.15) is 5.10 Å². The van der Waals surface area contributed by atoms with E-state index in [1.165, 1.54) is 0 Å². The molecule has 0 aliphatic rings. The van der Waals surface area contributed by atoms with Crippen molar-refractivity contribution in [3.05, 3.63) is 98.9 Å². The van der Waals surface area contributed by atoms with Crippen molar-refractivity contribution in [2.24, 2.45) is 7.05 Å². The minimum absolute atomic E-state index is 0.104. The van der Waals surface area contributed by atoms with Crippen molar-refractivity contribution in [2.75, 3.05) is 5.32 Å². The first kappa shape index (κ1) is 26.5. The third-order valence-corrected chi connectivity index (χ3v) is 7.14. The lowest BCUT2D eigenvalue weighted by Crippen LogP contribution is -2.20. The summed E-state index contributed by atoms with van der Waals surface area (Å²) in [5, 5.41) is 8.27. The van der Waals surface area contributed by atoms with E-state index in [9.17, 15) is 9.59 Å². The fourth-order valence-corrected chi connectivity index (χ4v) is 5.01. The maximum Gasteiger partial charge on any atom is 0.282 e. The van der Waals surface area contributed by atoms with Gasteiger partial charge in [0.2, 0.25) is 0 Å². The normalized spacial score (nSPS) is 11.9. The van der Waals surface area contributed by atoms with E-state index in [0.29, 0.717) is 33.5 Å². The molecule has 1 aromatic carbocycles. The van der Waals surface area contributed by atoms with Crippen LogP contribution in [0.15, 0.2) is 75.3 Å². The molecule has 11 heteroatoms. The van der Waals surface area contributed by atoms with E-state index in [2.05, 4.69) is 25.1 Å². The van der Waals surface area contributed by atoms with Gasteiger partial charge in [0.15, 0.2) is 11.1 Å². The fraction of sp³-hybridized carbons (Fsp3) is 0.179. The van der Waals surface area contributed by atoms with Crippen LogP contribution in [0.5, 0.6) is 0 Å². The van der Waals surface area contributed by atoms with Gasteiger partial charge in [0, 0.05) is 41.7 Å². The first-order chi connectivity index (χ1) is 18.7. The predicted octanol–water partition coefficient (Wildman–Crippen LogP) is 5.86. The molecule has 5 rings (SSSR count). The van der Waals surface area contributed by atoms with Gasteiger partial charge in [0.1, 0.15) is 16.5 Å². The Hall–Kier alpha value is -4.15. The Morgan fingerprint density at radius 3 is 2.72 bits per heavy atom. The summed E-state index contributed by atoms with van der Waals surface area (Å²) >= 11 is 7.28. The number of aromatic nitrogens is 4. The molecule has 4 aromatic heterocycles. The van der Waals surface area contributed by atoms with Crippen molar-refractivity contribution in [2.45, 2.75) is 31.7 Å². The molecule has 0 aliphatic heterocycles. The lowest BCUT2D eigenvalue weighted by Gasteiger charge is -2.20. The number of halogens is 1. The SMILES string of the molecule is Cc1cc([C@@H](C)Nc2ccc(Cl)nc2C(=O)NSc2cccnc2)c2oc(-c3cnn(C)c3)c(C)c(=O)c2c1. The van der Waals surface area contributed by atoms with Gasteiger partial charge in [-0.1, -0.05) is 17.7 Å². The summed E-state index contributed by atoms with van der Waals surface area (Å²) in [5.74, 6) is 0.0507. The number of nitrogens with one attached hydrogen (secondary N) is 2. The van der Waals surface area contributed by atoms with Crippen LogP contribution in [0.3, 0.4) is 0 Å². The van der Waals surface area contributed by atoms with E-state index in [0.717, 1.165) is 28.0 Å². The van der Waals surface area contributed by atoms with Gasteiger partial charge in [-0.3, -0.25) is 24.0 Å². The van der Waals surface area contributed by atoms with Gasteiger partial charge in [0.25, 0.3) is 5.91 Å². The topological polar surface area (TPSA) is 115 Å². The molecule has 0 spiro atoms. The van der Waals surface area contributed by atoms with E-state index < -0.39 is 5.91 Å². The van der Waals surface area contributed by atoms with Crippen LogP contribution in [0, 0.1) is 13.8 Å². The van der Waals surface area contributed by atoms with Crippen LogP contribution >= 0.6 is 23.5 Å². The highest BCUT2D eigenvalue weighted by Crippen LogP contribution is 2.32. The molecule has 2 N–H and O–H groups in total. The molecular weight excluding hydrogens is 536 g/mol. The maximum absolute atomic E-state index is 13.4. The molecule has 1 amide bonds. The van der Waals surface area contributed by atoms with Crippen LogP contribution in [0.25, 0.3) is 22.3 Å². The number of amides is 1. The average molecular weight is 561 g/mol. The Morgan fingerprint density at radius 1 is 1.18 bits per heavy atom. The monoisotopic (exact) mass is 560 g/mol. The minimum Gasteiger partial charge on any atom is -0.455 e. The smallest absolute Gasteiger partial charge is 0.282 e. The highest BCUT2D eigenvalue weighted by Gasteiger charge is 2.22. The van der Waals surface area contributed by atoms with Crippen LogP contribution in [-0.4, -0.2) is 25.7 Å². The summed E-state index contributed by atoms with van der Waals surface area (Å²) in [6.07, 6.45) is 6.78. The summed E-state index contributed by atoms with van der Waals surface area (Å²) in [7, 11) is 1.81. The standard InChI is InChI=1S/C28H25ClN6O3S/c1-15-10-20(27-21(11-15)25(36)16(2)26(38-27)18-12-31-35(4)14-18)17(3)32-22-7-8-23(29)33-24(22)28(37)34-39-19-6-5-9-30-13-19/h5-14,17,32H,1-4H3,(H,34,37)/t17-/m1/s1. The second kappa shape index (κ2) is 10.9. The summed E-state index contributed by atoms with van der Waals surface area (Å²) in [4.78, 5) is 35.6. The number of hydrogen-bond acceptors (Lipinski definition) is 8. The van der Waals surface area contributed by atoms with Gasteiger partial charge in [-0.15, -0.1) is 0 Å². The van der Waals surface area contributed by atoms with Gasteiger partial charge in [-0.25, -0.2) is 4.98 Å². The Labute approximate surface area is 233 Å². The van der Waals surface area contributed by atoms with Gasteiger partial charge < -0.3 is 9.73 Å². The molecule has 0 radical (unpaired) electrons. The number of hydrogen-bond donors (Lipinski definition) is 2. The van der Waals surface area contributed by atoms with Crippen LogP contribution in [0.4, 0.5) is 5.69 Å². The van der Waals surface area contributed by atoms with Crippen molar-refractivity contribution in [3.63, 3.8) is 0 Å². The van der Waals surface area contributed by atoms with Crippen LogP contribution in [0.1, 0.15) is 40.1 Å². The lowest BCUT2D eigenvalue weighted by atomic mass is 9.99. The molecule has 0 unspecified atom stereocenters. The number of rotatable bonds is 7. The maximum atomic E-state index is 13.4. The van der Waals surface area contributed by atoms with E-state index in [1.807, 2.05) is 39.1 Å². The number of fused-ring (bicyclic) bond motifs is 1. The Kier molecular flexibility index (Phi) is 7.40. The van der Waals surface area contributed by atoms with Crippen molar-refractivity contribution < 1.29 is 9.21 Å². The molecule has 198 valence electrons. The summed E-state index contributed by atoms with van der Waals surface area (Å²) in [5.41, 5.74) is 3.88. The lowest BCUT2D eigenvalue weighted by molar-refractivity contribution is 0.0980. The summed E-state index contributed by atoms with van der Waals surface area (Å²) in [6.45, 7) is 5.61. The number of carbonyl (C=O) groups is 1. The third-order valence-electron chi connectivity index (χ3n) is 6.17. The van der Waals surface area contributed by atoms with E-state index in [4.69, 9.17) is 16.0 Å². The zero-order chi connectivity index (χ0) is 27.7. The Bertz CT molecular complexity index is 1750. The molecule has 0 saturated heterocycles. The van der Waals surface area contributed by atoms with Gasteiger partial charge in [-0.05, 0) is 68.6 Å². The van der Waals surface area contributed by atoms with E-state index >= 15 is 0 Å². The highest BCUT2D eigenvalue weighted by atomic mass is 35.5. The number of carbonyl (C=O) groups excluding carboxylic acids is 1. The van der Waals surface area contributed by atoms with Crippen molar-refractivity contribution in [1.82, 2.24) is 24.5 Å². The Balaban J connectivity index is 1.51. The number of nitrogens with zero attached hydrogens (tertiary/aromatic N) is 4. The second-order valence-electron chi connectivity index (χ2n) is 9.14. The zero-order valence-corrected chi connectivity index (χ0v) is 23.2. The summed E-state index contributed by atoms with van der Waals surface area (Å²) < 4.78 is 10.8. The predicted molar refractivity (Wildman–Crippen MR) is 153 cm³/mol. The highest BCUT2D eigenvalue weighted by molar-refractivity contribution is 7.98. The average Bonchev–Trinajstić information content (AvgIpc) is 3.36. The first-order valence-corrected chi connectivity index (χ1v) is 13.3. The largest absolute Gasteiger partial charge is 0.455 e. The van der Waals surface area contributed by atoms with Crippen LogP contribution < -0.4 is 15.5 Å². The van der Waals surface area contributed by atoms with Gasteiger partial charge >= 0.3 is 0 Å². The number of pyridine rings is 2. The fourth-order valence-electron chi connectivity index (χ4n) is 4.30. The number of benzene rings is 1. The Morgan fingerprint density at radius 2 is 2.00 bits per heavy atom.